The molecule has 0 saturated carbocycles. The summed E-state index contributed by atoms with van der Waals surface area (Å²) in [4.78, 5) is 26.4. The summed E-state index contributed by atoms with van der Waals surface area (Å²) in [6.45, 7) is 1.96. The van der Waals surface area contributed by atoms with Crippen LogP contribution in [0.2, 0.25) is 0 Å². The molecule has 1 amide bonds. The molecule has 0 unspecified atom stereocenters. The lowest BCUT2D eigenvalue weighted by molar-refractivity contribution is -0.113. The largest absolute Gasteiger partial charge is 0.462 e. The van der Waals surface area contributed by atoms with Crippen molar-refractivity contribution in [3.8, 4) is 0 Å². The molecule has 1 aliphatic carbocycles. The summed E-state index contributed by atoms with van der Waals surface area (Å²) in [6.07, 6.45) is 3.60. The van der Waals surface area contributed by atoms with E-state index in [0.29, 0.717) is 10.6 Å². The van der Waals surface area contributed by atoms with E-state index in [0.717, 1.165) is 46.9 Å². The first-order valence-electron chi connectivity index (χ1n) is 10.2. The number of rotatable bonds is 6. The number of ether oxygens (including phenoxy) is 1. The van der Waals surface area contributed by atoms with Crippen LogP contribution in [-0.4, -0.2) is 32.7 Å². The lowest BCUT2D eigenvalue weighted by atomic mass is 9.95. The molecule has 1 heterocycles. The molecule has 1 aliphatic rings. The van der Waals surface area contributed by atoms with E-state index in [1.54, 1.807) is 19.1 Å². The third-order valence-electron chi connectivity index (χ3n) is 5.30. The van der Waals surface area contributed by atoms with Crippen molar-refractivity contribution in [2.24, 2.45) is 0 Å². The summed E-state index contributed by atoms with van der Waals surface area (Å²) in [5.74, 6) is -1.84. The SMILES string of the molecule is CCOC(=O)c1c(NC(=O)CS(=O)(=O)c2ccc3ccccc3c2)sc2c1CCCC2. The lowest BCUT2D eigenvalue weighted by Gasteiger charge is -2.12. The predicted molar refractivity (Wildman–Crippen MR) is 122 cm³/mol. The van der Waals surface area contributed by atoms with E-state index in [2.05, 4.69) is 5.32 Å². The zero-order valence-corrected chi connectivity index (χ0v) is 18.8. The number of nitrogens with one attached hydrogen (secondary N) is 1. The van der Waals surface area contributed by atoms with Crippen molar-refractivity contribution in [1.29, 1.82) is 0 Å². The molecule has 3 aromatic rings. The van der Waals surface area contributed by atoms with Gasteiger partial charge in [-0.05, 0) is 61.1 Å². The Morgan fingerprint density at radius 1 is 1.06 bits per heavy atom. The summed E-state index contributed by atoms with van der Waals surface area (Å²) >= 11 is 1.34. The average molecular weight is 458 g/mol. The lowest BCUT2D eigenvalue weighted by Crippen LogP contribution is -2.23. The average Bonchev–Trinajstić information content (AvgIpc) is 3.10. The maximum atomic E-state index is 12.8. The maximum Gasteiger partial charge on any atom is 0.341 e. The van der Waals surface area contributed by atoms with Crippen molar-refractivity contribution in [3.63, 3.8) is 0 Å². The van der Waals surface area contributed by atoms with E-state index >= 15 is 0 Å². The molecule has 6 nitrogen and oxygen atoms in total. The Kier molecular flexibility index (Phi) is 6.11. The van der Waals surface area contributed by atoms with Gasteiger partial charge in [-0.15, -0.1) is 11.3 Å². The minimum atomic E-state index is -3.84. The molecule has 4 rings (SSSR count). The van der Waals surface area contributed by atoms with Crippen molar-refractivity contribution in [3.05, 3.63) is 58.5 Å². The minimum absolute atomic E-state index is 0.0949. The highest BCUT2D eigenvalue weighted by Gasteiger charge is 2.28. The number of aryl methyl sites for hydroxylation is 1. The van der Waals surface area contributed by atoms with Crippen LogP contribution < -0.4 is 5.32 Å². The fraction of sp³-hybridized carbons (Fsp3) is 0.304. The molecule has 0 aliphatic heterocycles. The van der Waals surface area contributed by atoms with Gasteiger partial charge >= 0.3 is 5.97 Å². The minimum Gasteiger partial charge on any atom is -0.462 e. The highest BCUT2D eigenvalue weighted by Crippen LogP contribution is 2.38. The van der Waals surface area contributed by atoms with Gasteiger partial charge in [-0.2, -0.15) is 0 Å². The molecule has 2 aromatic carbocycles. The van der Waals surface area contributed by atoms with E-state index < -0.39 is 27.5 Å². The number of amides is 1. The third-order valence-corrected chi connectivity index (χ3v) is 8.13. The summed E-state index contributed by atoms with van der Waals surface area (Å²) < 4.78 is 30.9. The Morgan fingerprint density at radius 2 is 1.81 bits per heavy atom. The van der Waals surface area contributed by atoms with Gasteiger partial charge < -0.3 is 10.1 Å². The highest BCUT2D eigenvalue weighted by molar-refractivity contribution is 7.92. The second-order valence-electron chi connectivity index (χ2n) is 7.45. The van der Waals surface area contributed by atoms with Crippen LogP contribution in [0.4, 0.5) is 5.00 Å². The molecule has 0 radical (unpaired) electrons. The molecule has 1 N–H and O–H groups in total. The van der Waals surface area contributed by atoms with Crippen LogP contribution in [0, 0.1) is 0 Å². The van der Waals surface area contributed by atoms with Gasteiger partial charge in [0.05, 0.1) is 17.1 Å². The van der Waals surface area contributed by atoms with E-state index in [-0.39, 0.29) is 11.5 Å². The first kappa shape index (κ1) is 21.5. The van der Waals surface area contributed by atoms with E-state index in [1.165, 1.54) is 17.4 Å². The van der Waals surface area contributed by atoms with Gasteiger partial charge in [-0.25, -0.2) is 13.2 Å². The summed E-state index contributed by atoms with van der Waals surface area (Å²) in [5, 5.41) is 4.76. The fourth-order valence-electron chi connectivity index (χ4n) is 3.85. The van der Waals surface area contributed by atoms with E-state index in [1.807, 2.05) is 24.3 Å². The number of fused-ring (bicyclic) bond motifs is 2. The predicted octanol–water partition coefficient (Wildman–Crippen LogP) is 4.37. The van der Waals surface area contributed by atoms with Gasteiger partial charge in [-0.3, -0.25) is 4.79 Å². The van der Waals surface area contributed by atoms with Crippen molar-refractivity contribution < 1.29 is 22.7 Å². The van der Waals surface area contributed by atoms with Crippen LogP contribution >= 0.6 is 11.3 Å². The van der Waals surface area contributed by atoms with Crippen molar-refractivity contribution in [1.82, 2.24) is 0 Å². The van der Waals surface area contributed by atoms with Gasteiger partial charge in [0.25, 0.3) is 0 Å². The number of carbonyl (C=O) groups excluding carboxylic acids is 2. The topological polar surface area (TPSA) is 89.5 Å². The number of anilines is 1. The summed E-state index contributed by atoms with van der Waals surface area (Å²) in [6, 6.07) is 12.3. The third kappa shape index (κ3) is 4.50. The quantitative estimate of drug-likeness (QED) is 0.555. The number of esters is 1. The van der Waals surface area contributed by atoms with Gasteiger partial charge in [0.2, 0.25) is 5.91 Å². The van der Waals surface area contributed by atoms with Crippen molar-refractivity contribution in [2.75, 3.05) is 17.7 Å². The Balaban J connectivity index is 1.58. The van der Waals surface area contributed by atoms with Gasteiger partial charge in [-0.1, -0.05) is 30.3 Å². The summed E-state index contributed by atoms with van der Waals surface area (Å²) in [7, 11) is -3.84. The first-order chi connectivity index (χ1) is 14.9. The molecule has 0 fully saturated rings. The van der Waals surface area contributed by atoms with Gasteiger partial charge in [0.1, 0.15) is 10.8 Å². The van der Waals surface area contributed by atoms with Crippen LogP contribution in [0.5, 0.6) is 0 Å². The number of benzene rings is 2. The van der Waals surface area contributed by atoms with Gasteiger partial charge in [0.15, 0.2) is 9.84 Å². The maximum absolute atomic E-state index is 12.8. The Labute approximate surface area is 185 Å². The standard InChI is InChI=1S/C23H23NO5S2/c1-2-29-23(26)21-18-9-5-6-10-19(18)30-22(21)24-20(25)14-31(27,28)17-12-11-15-7-3-4-8-16(15)13-17/h3-4,7-8,11-13H,2,5-6,9-10,14H2,1H3,(H,24,25). The molecular formula is C23H23NO5S2. The number of sulfone groups is 1. The number of hydrogen-bond donors (Lipinski definition) is 1. The van der Waals surface area contributed by atoms with Crippen LogP contribution in [0.15, 0.2) is 47.4 Å². The zero-order valence-electron chi connectivity index (χ0n) is 17.1. The fourth-order valence-corrected chi connectivity index (χ4v) is 6.31. The number of thiophene rings is 1. The number of hydrogen-bond acceptors (Lipinski definition) is 6. The Bertz CT molecular complexity index is 1260. The number of carbonyl (C=O) groups is 2. The zero-order chi connectivity index (χ0) is 22.0. The highest BCUT2D eigenvalue weighted by atomic mass is 32.2. The normalized spacial score (nSPS) is 13.6. The first-order valence-corrected chi connectivity index (χ1v) is 12.7. The molecule has 1 aromatic heterocycles. The summed E-state index contributed by atoms with van der Waals surface area (Å²) in [5.41, 5.74) is 1.29. The van der Waals surface area contributed by atoms with Crippen molar-refractivity contribution in [2.45, 2.75) is 37.5 Å². The van der Waals surface area contributed by atoms with Crippen molar-refractivity contribution >= 4 is 48.8 Å². The molecule has 0 spiro atoms. The van der Waals surface area contributed by atoms with Crippen LogP contribution in [-0.2, 0) is 32.2 Å². The molecule has 0 saturated heterocycles. The monoisotopic (exact) mass is 457 g/mol. The Morgan fingerprint density at radius 3 is 2.58 bits per heavy atom. The Hall–Kier alpha value is -2.71. The van der Waals surface area contributed by atoms with E-state index in [4.69, 9.17) is 4.74 Å². The second kappa shape index (κ2) is 8.80. The second-order valence-corrected chi connectivity index (χ2v) is 10.5. The molecule has 0 atom stereocenters. The van der Waals surface area contributed by atoms with E-state index in [9.17, 15) is 18.0 Å². The van der Waals surface area contributed by atoms with Crippen LogP contribution in [0.3, 0.4) is 0 Å². The molecule has 162 valence electrons. The molecule has 31 heavy (non-hydrogen) atoms. The molecular weight excluding hydrogens is 434 g/mol. The molecule has 8 heteroatoms. The smallest absolute Gasteiger partial charge is 0.341 e. The van der Waals surface area contributed by atoms with Gasteiger partial charge in [0, 0.05) is 4.88 Å². The van der Waals surface area contributed by atoms with Crippen LogP contribution in [0.1, 0.15) is 40.6 Å². The van der Waals surface area contributed by atoms with Crippen LogP contribution in [0.25, 0.3) is 10.8 Å². The molecule has 0 bridgehead atoms.